The second-order valence-electron chi connectivity index (χ2n) is 10.1. The monoisotopic (exact) mass is 342 g/mol. The molecule has 0 N–H and O–H groups in total. The topological polar surface area (TPSA) is 18.5 Å². The largest absolute Gasteiger partial charge is 0.415 e. The molecule has 0 aromatic rings. The summed E-state index contributed by atoms with van der Waals surface area (Å²) in [6, 6.07) is 1.21. The fraction of sp³-hybridized carbons (Fsp3) is 1.00. The highest BCUT2D eigenvalue weighted by Gasteiger charge is 2.39. The molecule has 0 aromatic carbocycles. The van der Waals surface area contributed by atoms with Crippen molar-refractivity contribution in [1.82, 2.24) is 0 Å². The van der Waals surface area contributed by atoms with Crippen LogP contribution in [0.2, 0.25) is 18.1 Å². The molecule has 0 heterocycles. The van der Waals surface area contributed by atoms with Crippen LogP contribution in [0.5, 0.6) is 0 Å². The molecule has 138 valence electrons. The van der Waals surface area contributed by atoms with Gasteiger partial charge in [-0.05, 0) is 68.5 Å². The van der Waals surface area contributed by atoms with Crippen LogP contribution in [0.4, 0.5) is 0 Å². The van der Waals surface area contributed by atoms with Gasteiger partial charge < -0.3 is 9.16 Å². The third-order valence-corrected chi connectivity index (χ3v) is 10.2. The van der Waals surface area contributed by atoms with Gasteiger partial charge in [-0.2, -0.15) is 0 Å². The quantitative estimate of drug-likeness (QED) is 0.375. The van der Waals surface area contributed by atoms with Gasteiger partial charge in [-0.1, -0.05) is 41.5 Å². The lowest BCUT2D eigenvalue weighted by molar-refractivity contribution is -0.0488. The van der Waals surface area contributed by atoms with Crippen LogP contribution in [0.15, 0.2) is 0 Å². The molecule has 1 fully saturated rings. The Kier molecular flexibility index (Phi) is 7.38. The summed E-state index contributed by atoms with van der Waals surface area (Å²) in [6.45, 7) is 21.8. The molecule has 0 bridgehead atoms. The molecular weight excluding hydrogens is 300 g/mol. The first-order chi connectivity index (χ1) is 10.4. The predicted molar refractivity (Wildman–Crippen MR) is 104 cm³/mol. The van der Waals surface area contributed by atoms with E-state index >= 15 is 0 Å². The van der Waals surface area contributed by atoms with Gasteiger partial charge in [0.05, 0.1) is 6.10 Å². The van der Waals surface area contributed by atoms with Crippen LogP contribution < -0.4 is 0 Å². The highest BCUT2D eigenvalue weighted by molar-refractivity contribution is 6.73. The lowest BCUT2D eigenvalue weighted by Gasteiger charge is -2.44. The Morgan fingerprint density at radius 3 is 1.96 bits per heavy atom. The highest BCUT2D eigenvalue weighted by Crippen LogP contribution is 2.46. The normalized spacial score (nSPS) is 24.1. The van der Waals surface area contributed by atoms with Crippen LogP contribution >= 0.6 is 0 Å². The summed E-state index contributed by atoms with van der Waals surface area (Å²) in [6.07, 6.45) is 5.64. The second-order valence-corrected chi connectivity index (χ2v) is 14.7. The summed E-state index contributed by atoms with van der Waals surface area (Å²) >= 11 is 0. The second kappa shape index (κ2) is 8.01. The third kappa shape index (κ3) is 7.27. The van der Waals surface area contributed by atoms with Gasteiger partial charge in [-0.25, -0.2) is 0 Å². The zero-order valence-corrected chi connectivity index (χ0v) is 18.3. The zero-order valence-electron chi connectivity index (χ0n) is 17.3. The zero-order chi connectivity index (χ0) is 17.9. The predicted octanol–water partition coefficient (Wildman–Crippen LogP) is 6.41. The third-order valence-electron chi connectivity index (χ3n) is 5.41. The van der Waals surface area contributed by atoms with Gasteiger partial charge in [-0.3, -0.25) is 0 Å². The summed E-state index contributed by atoms with van der Waals surface area (Å²) in [5.41, 5.74) is 1.49. The minimum Gasteiger partial charge on any atom is -0.415 e. The van der Waals surface area contributed by atoms with E-state index in [2.05, 4.69) is 61.9 Å². The van der Waals surface area contributed by atoms with E-state index in [9.17, 15) is 0 Å². The van der Waals surface area contributed by atoms with E-state index in [-0.39, 0.29) is 0 Å². The molecule has 3 heteroatoms. The van der Waals surface area contributed by atoms with Crippen LogP contribution in [0, 0.1) is 10.8 Å². The van der Waals surface area contributed by atoms with Gasteiger partial charge in [0, 0.05) is 12.7 Å². The summed E-state index contributed by atoms with van der Waals surface area (Å²) in [5, 5.41) is 0. The average Bonchev–Trinajstić information content (AvgIpc) is 2.29. The number of ether oxygens (including phenoxy) is 1. The molecule has 1 saturated carbocycles. The van der Waals surface area contributed by atoms with E-state index in [1.54, 1.807) is 0 Å². The van der Waals surface area contributed by atoms with Gasteiger partial charge >= 0.3 is 0 Å². The van der Waals surface area contributed by atoms with Crippen molar-refractivity contribution in [2.24, 2.45) is 10.8 Å². The maximum Gasteiger partial charge on any atom is 0.192 e. The van der Waals surface area contributed by atoms with E-state index in [4.69, 9.17) is 9.16 Å². The molecule has 0 aromatic heterocycles. The Morgan fingerprint density at radius 1 is 1.00 bits per heavy atom. The average molecular weight is 343 g/mol. The highest BCUT2D eigenvalue weighted by atomic mass is 28.4. The van der Waals surface area contributed by atoms with Gasteiger partial charge in [0.2, 0.25) is 0 Å². The van der Waals surface area contributed by atoms with Gasteiger partial charge in [0.15, 0.2) is 8.32 Å². The van der Waals surface area contributed by atoms with Crippen LogP contribution in [0.1, 0.15) is 81.1 Å². The molecule has 0 amide bonds. The fourth-order valence-electron chi connectivity index (χ4n) is 4.56. The molecule has 0 saturated heterocycles. The first kappa shape index (κ1) is 21.2. The van der Waals surface area contributed by atoms with E-state index in [1.807, 2.05) is 0 Å². The Balaban J connectivity index is 2.44. The summed E-state index contributed by atoms with van der Waals surface area (Å²) < 4.78 is 12.6. The van der Waals surface area contributed by atoms with Crippen molar-refractivity contribution < 1.29 is 9.16 Å². The van der Waals surface area contributed by atoms with Crippen molar-refractivity contribution in [3.8, 4) is 0 Å². The van der Waals surface area contributed by atoms with Gasteiger partial charge in [-0.15, -0.1) is 0 Å². The molecule has 2 nitrogen and oxygen atoms in total. The van der Waals surface area contributed by atoms with Gasteiger partial charge in [0.1, 0.15) is 0 Å². The lowest BCUT2D eigenvalue weighted by Crippen LogP contribution is -2.41. The minimum atomic E-state index is -1.61. The molecule has 23 heavy (non-hydrogen) atoms. The van der Waals surface area contributed by atoms with Crippen molar-refractivity contribution in [2.75, 3.05) is 6.61 Å². The van der Waals surface area contributed by atoms with Gasteiger partial charge in [0.25, 0.3) is 0 Å². The molecule has 0 spiro atoms. The van der Waals surface area contributed by atoms with Crippen molar-refractivity contribution in [3.63, 3.8) is 0 Å². The van der Waals surface area contributed by atoms with Crippen LogP contribution in [0.25, 0.3) is 0 Å². The minimum absolute atomic E-state index is 0.343. The molecule has 1 unspecified atom stereocenters. The Hall–Kier alpha value is 0.137. The Labute approximate surface area is 146 Å². The van der Waals surface area contributed by atoms with Crippen molar-refractivity contribution >= 4 is 8.32 Å². The summed E-state index contributed by atoms with van der Waals surface area (Å²) in [4.78, 5) is 0. The lowest BCUT2D eigenvalue weighted by atomic mass is 9.64. The summed E-state index contributed by atoms with van der Waals surface area (Å²) in [7, 11) is -1.61. The number of hydrogen-bond donors (Lipinski definition) is 0. The van der Waals surface area contributed by atoms with Crippen LogP contribution in [-0.4, -0.2) is 27.1 Å². The molecule has 0 radical (unpaired) electrons. The molecule has 1 aliphatic rings. The smallest absolute Gasteiger partial charge is 0.192 e. The van der Waals surface area contributed by atoms with Crippen LogP contribution in [-0.2, 0) is 9.16 Å². The van der Waals surface area contributed by atoms with E-state index in [0.29, 0.717) is 28.6 Å². The number of rotatable bonds is 8. The van der Waals surface area contributed by atoms with Crippen molar-refractivity contribution in [1.29, 1.82) is 0 Å². The van der Waals surface area contributed by atoms with E-state index in [0.717, 1.165) is 13.0 Å². The molecule has 1 rings (SSSR count). The SMILES string of the molecule is CC(C)O[Si](C)(CCCOC1CC(C)(C)CC(C)(C)C1)C(C)C. The fourth-order valence-corrected chi connectivity index (χ4v) is 7.45. The standard InChI is InChI=1S/C20H42O2Si/c1-16(2)22-23(9,17(3)4)12-10-11-21-18-13-19(5,6)15-20(7,8)14-18/h16-18H,10-15H2,1-9H3. The maximum atomic E-state index is 6.34. The summed E-state index contributed by atoms with van der Waals surface area (Å²) in [5.74, 6) is 0. The Bertz CT molecular complexity index is 347. The maximum absolute atomic E-state index is 6.34. The van der Waals surface area contributed by atoms with Crippen molar-refractivity contribution in [3.05, 3.63) is 0 Å². The molecular formula is C20H42O2Si. The van der Waals surface area contributed by atoms with E-state index in [1.165, 1.54) is 25.3 Å². The number of hydrogen-bond acceptors (Lipinski definition) is 2. The molecule has 0 aliphatic heterocycles. The first-order valence-corrected chi connectivity index (χ1v) is 12.3. The Morgan fingerprint density at radius 2 is 1.52 bits per heavy atom. The first-order valence-electron chi connectivity index (χ1n) is 9.65. The molecule has 1 atom stereocenters. The van der Waals surface area contributed by atoms with Crippen LogP contribution in [0.3, 0.4) is 0 Å². The van der Waals surface area contributed by atoms with E-state index < -0.39 is 8.32 Å². The molecule has 1 aliphatic carbocycles. The van der Waals surface area contributed by atoms with Crippen molar-refractivity contribution in [2.45, 2.75) is 111 Å².